The molecule has 0 aliphatic heterocycles. The first-order chi connectivity index (χ1) is 16.3. The Hall–Kier alpha value is -3.71. The first-order valence-electron chi connectivity index (χ1n) is 10.7. The number of rotatable bonds is 8. The molecule has 0 bridgehead atoms. The van der Waals surface area contributed by atoms with Crippen LogP contribution in [0, 0.1) is 0 Å². The average Bonchev–Trinajstić information content (AvgIpc) is 3.22. The highest BCUT2D eigenvalue weighted by Crippen LogP contribution is 2.42. The predicted molar refractivity (Wildman–Crippen MR) is 135 cm³/mol. The zero-order valence-electron chi connectivity index (χ0n) is 19.5. The summed E-state index contributed by atoms with van der Waals surface area (Å²) >= 11 is 1.22. The molecule has 34 heavy (non-hydrogen) atoms. The lowest BCUT2D eigenvalue weighted by Gasteiger charge is -2.19. The summed E-state index contributed by atoms with van der Waals surface area (Å²) in [5.74, 6) is 0.595. The van der Waals surface area contributed by atoms with Crippen LogP contribution in [0.15, 0.2) is 84.0 Å². The Labute approximate surface area is 203 Å². The first-order valence-corrected chi connectivity index (χ1v) is 11.5. The number of para-hydroxylation sites is 1. The topological polar surface area (TPSA) is 73.6 Å². The summed E-state index contributed by atoms with van der Waals surface area (Å²) < 4.78 is 11.6. The fraction of sp³-hybridized carbons (Fsp3) is 0.185. The molecule has 4 rings (SSSR count). The number of carbonyl (C=O) groups is 1. The summed E-state index contributed by atoms with van der Waals surface area (Å²) in [7, 11) is 3.26. The minimum Gasteiger partial charge on any atom is -0.497 e. The van der Waals surface area contributed by atoms with Gasteiger partial charge < -0.3 is 14.6 Å². The highest BCUT2D eigenvalue weighted by Gasteiger charge is 2.33. The van der Waals surface area contributed by atoms with Gasteiger partial charge in [0, 0.05) is 16.8 Å². The summed E-state index contributed by atoms with van der Waals surface area (Å²) in [4.78, 5) is 16.9. The van der Waals surface area contributed by atoms with Gasteiger partial charge in [-0.15, -0.1) is 0 Å². The number of imidazole rings is 1. The van der Waals surface area contributed by atoms with Gasteiger partial charge in [0.1, 0.15) is 16.2 Å². The van der Waals surface area contributed by atoms with Gasteiger partial charge in [-0.05, 0) is 74.5 Å². The van der Waals surface area contributed by atoms with Crippen molar-refractivity contribution in [2.75, 3.05) is 14.2 Å². The van der Waals surface area contributed by atoms with Crippen LogP contribution in [0.1, 0.15) is 13.8 Å². The zero-order valence-corrected chi connectivity index (χ0v) is 20.3. The second-order valence-corrected chi connectivity index (χ2v) is 9.73. The molecular formula is C27H26N2O4S. The van der Waals surface area contributed by atoms with E-state index in [1.165, 1.54) is 11.8 Å². The number of nitrogens with zero attached hydrogens (tertiary/aromatic N) is 2. The largest absolute Gasteiger partial charge is 0.497 e. The number of aromatic nitrogens is 2. The number of benzene rings is 3. The summed E-state index contributed by atoms with van der Waals surface area (Å²) in [5, 5.41) is 10.4. The summed E-state index contributed by atoms with van der Waals surface area (Å²) in [6, 6.07) is 25.3. The van der Waals surface area contributed by atoms with E-state index >= 15 is 0 Å². The van der Waals surface area contributed by atoms with E-state index < -0.39 is 10.7 Å². The Morgan fingerprint density at radius 2 is 1.38 bits per heavy atom. The van der Waals surface area contributed by atoms with E-state index in [-0.39, 0.29) is 0 Å². The molecule has 0 radical (unpaired) electrons. The standard InChI is InChI=1S/C27H26N2O4S/c1-27(2,25(30)31)34-26-28-23(18-10-14-21(32-3)15-11-18)24(19-12-16-22(33-4)17-13-19)29(26)20-8-6-5-7-9-20/h5-17H,1-4H3,(H,30,31). The van der Waals surface area contributed by atoms with E-state index in [0.29, 0.717) is 5.16 Å². The molecule has 0 aliphatic carbocycles. The van der Waals surface area contributed by atoms with Gasteiger partial charge in [0.05, 0.1) is 25.6 Å². The second kappa shape index (κ2) is 9.65. The molecule has 1 N–H and O–H groups in total. The van der Waals surface area contributed by atoms with Crippen molar-refractivity contribution in [2.24, 2.45) is 0 Å². The van der Waals surface area contributed by atoms with E-state index in [1.54, 1.807) is 28.1 Å². The number of hydrogen-bond acceptors (Lipinski definition) is 5. The van der Waals surface area contributed by atoms with Crippen LogP contribution in [0.4, 0.5) is 0 Å². The molecule has 4 aromatic rings. The summed E-state index contributed by atoms with van der Waals surface area (Å²) in [6.45, 7) is 3.37. The third kappa shape index (κ3) is 4.65. The van der Waals surface area contributed by atoms with E-state index in [1.807, 2.05) is 83.4 Å². The van der Waals surface area contributed by atoms with Crippen molar-refractivity contribution in [1.82, 2.24) is 9.55 Å². The van der Waals surface area contributed by atoms with E-state index in [0.717, 1.165) is 39.7 Å². The molecule has 0 amide bonds. The highest BCUT2D eigenvalue weighted by atomic mass is 32.2. The highest BCUT2D eigenvalue weighted by molar-refractivity contribution is 8.01. The molecule has 1 aromatic heterocycles. The third-order valence-electron chi connectivity index (χ3n) is 5.45. The predicted octanol–water partition coefficient (Wildman–Crippen LogP) is 6.18. The summed E-state index contributed by atoms with van der Waals surface area (Å²) in [5.41, 5.74) is 4.34. The van der Waals surface area contributed by atoms with Crippen molar-refractivity contribution >= 4 is 17.7 Å². The van der Waals surface area contributed by atoms with Crippen LogP contribution in [0.5, 0.6) is 11.5 Å². The van der Waals surface area contributed by atoms with Gasteiger partial charge in [0.25, 0.3) is 0 Å². The Balaban J connectivity index is 2.01. The van der Waals surface area contributed by atoms with Crippen LogP contribution in [-0.2, 0) is 4.79 Å². The zero-order chi connectivity index (χ0) is 24.3. The van der Waals surface area contributed by atoms with Crippen molar-refractivity contribution in [2.45, 2.75) is 23.8 Å². The van der Waals surface area contributed by atoms with Crippen LogP contribution in [0.3, 0.4) is 0 Å². The fourth-order valence-electron chi connectivity index (χ4n) is 3.52. The van der Waals surface area contributed by atoms with Crippen molar-refractivity contribution in [3.05, 3.63) is 78.9 Å². The number of methoxy groups -OCH3 is 2. The lowest BCUT2D eigenvalue weighted by Crippen LogP contribution is -2.27. The maximum atomic E-state index is 12.0. The Morgan fingerprint density at radius 3 is 1.88 bits per heavy atom. The monoisotopic (exact) mass is 474 g/mol. The molecule has 7 heteroatoms. The summed E-state index contributed by atoms with van der Waals surface area (Å²) in [6.07, 6.45) is 0. The quantitative estimate of drug-likeness (QED) is 0.308. The number of carboxylic acids is 1. The molecule has 3 aromatic carbocycles. The number of carboxylic acid groups (broad SMARTS) is 1. The number of aliphatic carboxylic acids is 1. The van der Waals surface area contributed by atoms with Crippen LogP contribution < -0.4 is 9.47 Å². The molecule has 0 saturated carbocycles. The van der Waals surface area contributed by atoms with Crippen molar-refractivity contribution in [3.8, 4) is 39.7 Å². The molecule has 0 fully saturated rings. The molecule has 174 valence electrons. The first kappa shape index (κ1) is 23.4. The maximum Gasteiger partial charge on any atom is 0.319 e. The van der Waals surface area contributed by atoms with Crippen LogP contribution in [0.25, 0.3) is 28.2 Å². The van der Waals surface area contributed by atoms with Gasteiger partial charge in [-0.1, -0.05) is 30.0 Å². The van der Waals surface area contributed by atoms with Crippen LogP contribution in [-0.4, -0.2) is 39.6 Å². The Bertz CT molecular complexity index is 1280. The minimum absolute atomic E-state index is 0.593. The van der Waals surface area contributed by atoms with Gasteiger partial charge in [-0.25, -0.2) is 4.98 Å². The fourth-order valence-corrected chi connectivity index (χ4v) is 4.49. The number of thioether (sulfide) groups is 1. The lowest BCUT2D eigenvalue weighted by molar-refractivity contribution is -0.138. The Morgan fingerprint density at radius 1 is 0.853 bits per heavy atom. The molecule has 0 unspecified atom stereocenters. The second-order valence-electron chi connectivity index (χ2n) is 8.14. The van der Waals surface area contributed by atoms with Crippen molar-refractivity contribution < 1.29 is 19.4 Å². The third-order valence-corrected chi connectivity index (χ3v) is 6.59. The van der Waals surface area contributed by atoms with Gasteiger partial charge in [-0.2, -0.15) is 0 Å². The van der Waals surface area contributed by atoms with E-state index in [4.69, 9.17) is 14.5 Å². The number of ether oxygens (including phenoxy) is 2. The van der Waals surface area contributed by atoms with E-state index in [9.17, 15) is 9.90 Å². The number of hydrogen-bond donors (Lipinski definition) is 1. The van der Waals surface area contributed by atoms with Gasteiger partial charge >= 0.3 is 5.97 Å². The smallest absolute Gasteiger partial charge is 0.319 e. The van der Waals surface area contributed by atoms with Crippen LogP contribution in [0.2, 0.25) is 0 Å². The van der Waals surface area contributed by atoms with Crippen LogP contribution >= 0.6 is 11.8 Å². The lowest BCUT2D eigenvalue weighted by atomic mass is 10.0. The minimum atomic E-state index is -1.08. The van der Waals surface area contributed by atoms with Gasteiger partial charge in [-0.3, -0.25) is 9.36 Å². The molecular weight excluding hydrogens is 448 g/mol. The molecule has 0 atom stereocenters. The van der Waals surface area contributed by atoms with Crippen molar-refractivity contribution in [1.29, 1.82) is 0 Å². The average molecular weight is 475 g/mol. The maximum absolute atomic E-state index is 12.0. The normalized spacial score (nSPS) is 11.3. The molecule has 0 saturated heterocycles. The van der Waals surface area contributed by atoms with Crippen molar-refractivity contribution in [3.63, 3.8) is 0 Å². The molecule has 6 nitrogen and oxygen atoms in total. The van der Waals surface area contributed by atoms with Gasteiger partial charge in [0.15, 0.2) is 5.16 Å². The van der Waals surface area contributed by atoms with Gasteiger partial charge in [0.2, 0.25) is 0 Å². The SMILES string of the molecule is COc1ccc(-c2nc(SC(C)(C)C(=O)O)n(-c3ccccc3)c2-c2ccc(OC)cc2)cc1. The molecule has 0 spiro atoms. The molecule has 0 aliphatic rings. The van der Waals surface area contributed by atoms with E-state index in [2.05, 4.69) is 0 Å². The Kier molecular flexibility index (Phi) is 6.65. The molecule has 1 heterocycles.